The van der Waals surface area contributed by atoms with Gasteiger partial charge in [-0.2, -0.15) is 0 Å². The summed E-state index contributed by atoms with van der Waals surface area (Å²) in [6, 6.07) is 29.9. The van der Waals surface area contributed by atoms with Gasteiger partial charge in [0.1, 0.15) is 0 Å². The summed E-state index contributed by atoms with van der Waals surface area (Å²) in [5, 5.41) is 2.55. The lowest BCUT2D eigenvalue weighted by atomic mass is 9.95. The van der Waals surface area contributed by atoms with Crippen molar-refractivity contribution in [2.24, 2.45) is 0 Å². The molecule has 4 aromatic rings. The molecule has 122 valence electrons. The molecule has 0 aliphatic heterocycles. The van der Waals surface area contributed by atoms with Gasteiger partial charge in [0.25, 0.3) is 0 Å². The van der Waals surface area contributed by atoms with Crippen LogP contribution in [-0.4, -0.2) is 4.98 Å². The number of hydrogen-bond acceptors (Lipinski definition) is 1. The van der Waals surface area contributed by atoms with E-state index in [-0.39, 0.29) is 0 Å². The van der Waals surface area contributed by atoms with Gasteiger partial charge in [-0.05, 0) is 39.9 Å². The van der Waals surface area contributed by atoms with E-state index < -0.39 is 0 Å². The van der Waals surface area contributed by atoms with E-state index in [2.05, 4.69) is 92.7 Å². The van der Waals surface area contributed by atoms with E-state index in [4.69, 9.17) is 4.98 Å². The van der Waals surface area contributed by atoms with Crippen LogP contribution in [0.3, 0.4) is 0 Å². The Bertz CT molecular complexity index is 1010. The van der Waals surface area contributed by atoms with Gasteiger partial charge in [0, 0.05) is 11.3 Å². The maximum atomic E-state index is 4.91. The molecular weight excluding hydrogens is 302 g/mol. The van der Waals surface area contributed by atoms with E-state index in [0.717, 1.165) is 17.0 Å². The van der Waals surface area contributed by atoms with Gasteiger partial charge in [0.15, 0.2) is 0 Å². The van der Waals surface area contributed by atoms with Crippen molar-refractivity contribution >= 4 is 10.8 Å². The van der Waals surface area contributed by atoms with Crippen LogP contribution in [0.2, 0.25) is 0 Å². The monoisotopic (exact) mass is 323 g/mol. The largest absolute Gasteiger partial charge is 0.253 e. The Morgan fingerprint density at radius 1 is 0.680 bits per heavy atom. The summed E-state index contributed by atoms with van der Waals surface area (Å²) in [6.07, 6.45) is 0. The zero-order valence-electron chi connectivity index (χ0n) is 14.6. The topological polar surface area (TPSA) is 12.9 Å². The van der Waals surface area contributed by atoms with E-state index in [9.17, 15) is 0 Å². The van der Waals surface area contributed by atoms with Gasteiger partial charge >= 0.3 is 0 Å². The van der Waals surface area contributed by atoms with E-state index in [1.165, 1.54) is 21.9 Å². The fraction of sp³-hybridized carbons (Fsp3) is 0.125. The highest BCUT2D eigenvalue weighted by atomic mass is 14.7. The normalized spacial score (nSPS) is 11.2. The van der Waals surface area contributed by atoms with Gasteiger partial charge in [-0.15, -0.1) is 0 Å². The maximum Gasteiger partial charge on any atom is 0.0711 e. The molecule has 0 saturated carbocycles. The van der Waals surface area contributed by atoms with Gasteiger partial charge in [-0.1, -0.05) is 86.6 Å². The Morgan fingerprint density at radius 2 is 1.40 bits per heavy atom. The highest BCUT2D eigenvalue weighted by Crippen LogP contribution is 2.32. The molecule has 25 heavy (non-hydrogen) atoms. The van der Waals surface area contributed by atoms with Crippen LogP contribution in [0.5, 0.6) is 0 Å². The molecule has 0 amide bonds. The van der Waals surface area contributed by atoms with Gasteiger partial charge in [0.2, 0.25) is 0 Å². The fourth-order valence-electron chi connectivity index (χ4n) is 3.24. The molecule has 0 N–H and O–H groups in total. The summed E-state index contributed by atoms with van der Waals surface area (Å²) in [4.78, 5) is 4.91. The van der Waals surface area contributed by atoms with E-state index in [1.807, 2.05) is 6.07 Å². The van der Waals surface area contributed by atoms with Crippen molar-refractivity contribution in [1.82, 2.24) is 4.98 Å². The summed E-state index contributed by atoms with van der Waals surface area (Å²) < 4.78 is 0. The van der Waals surface area contributed by atoms with Gasteiger partial charge < -0.3 is 0 Å². The molecule has 1 aromatic heterocycles. The lowest BCUT2D eigenvalue weighted by Gasteiger charge is -2.13. The van der Waals surface area contributed by atoms with Crippen molar-refractivity contribution in [1.29, 1.82) is 0 Å². The van der Waals surface area contributed by atoms with Crippen molar-refractivity contribution in [3.8, 4) is 22.4 Å². The summed E-state index contributed by atoms with van der Waals surface area (Å²) in [5.41, 5.74) is 5.82. The lowest BCUT2D eigenvalue weighted by Crippen LogP contribution is -1.96. The molecule has 0 atom stereocenters. The SMILES string of the molecule is CC(C)c1cc(-c2cccc3ccccc23)cc(-c2ccccc2)n1. The van der Waals surface area contributed by atoms with E-state index in [0.29, 0.717) is 5.92 Å². The van der Waals surface area contributed by atoms with Crippen LogP contribution >= 0.6 is 0 Å². The van der Waals surface area contributed by atoms with Crippen molar-refractivity contribution in [3.05, 3.63) is 90.6 Å². The first-order valence-electron chi connectivity index (χ1n) is 8.78. The second-order valence-corrected chi connectivity index (χ2v) is 6.71. The quantitative estimate of drug-likeness (QED) is 0.409. The average Bonchev–Trinajstić information content (AvgIpc) is 2.68. The van der Waals surface area contributed by atoms with E-state index >= 15 is 0 Å². The predicted octanol–water partition coefficient (Wildman–Crippen LogP) is 6.69. The van der Waals surface area contributed by atoms with Crippen LogP contribution in [0.1, 0.15) is 25.5 Å². The molecule has 3 aromatic carbocycles. The van der Waals surface area contributed by atoms with Crippen molar-refractivity contribution in [2.45, 2.75) is 19.8 Å². The minimum Gasteiger partial charge on any atom is -0.253 e. The van der Waals surface area contributed by atoms with Crippen molar-refractivity contribution in [2.75, 3.05) is 0 Å². The summed E-state index contributed by atoms with van der Waals surface area (Å²) >= 11 is 0. The molecule has 1 heteroatoms. The highest BCUT2D eigenvalue weighted by molar-refractivity contribution is 5.97. The van der Waals surface area contributed by atoms with Crippen molar-refractivity contribution in [3.63, 3.8) is 0 Å². The first kappa shape index (κ1) is 15.6. The first-order valence-corrected chi connectivity index (χ1v) is 8.78. The predicted molar refractivity (Wildman–Crippen MR) is 107 cm³/mol. The van der Waals surface area contributed by atoms with Gasteiger partial charge in [-0.25, -0.2) is 0 Å². The Kier molecular flexibility index (Phi) is 4.07. The van der Waals surface area contributed by atoms with Gasteiger partial charge in [0.05, 0.1) is 5.69 Å². The van der Waals surface area contributed by atoms with Crippen LogP contribution in [0, 0.1) is 0 Å². The first-order chi connectivity index (χ1) is 12.2. The molecule has 1 heterocycles. The highest BCUT2D eigenvalue weighted by Gasteiger charge is 2.11. The fourth-order valence-corrected chi connectivity index (χ4v) is 3.24. The third-order valence-electron chi connectivity index (χ3n) is 4.61. The minimum absolute atomic E-state index is 0.386. The molecule has 4 rings (SSSR count). The number of nitrogens with zero attached hydrogens (tertiary/aromatic N) is 1. The lowest BCUT2D eigenvalue weighted by molar-refractivity contribution is 0.825. The number of aromatic nitrogens is 1. The molecule has 0 radical (unpaired) electrons. The Balaban J connectivity index is 1.96. The zero-order valence-corrected chi connectivity index (χ0v) is 14.6. The minimum atomic E-state index is 0.386. The summed E-state index contributed by atoms with van der Waals surface area (Å²) in [6.45, 7) is 4.40. The molecule has 1 nitrogen and oxygen atoms in total. The molecule has 0 unspecified atom stereocenters. The third kappa shape index (κ3) is 3.06. The van der Waals surface area contributed by atoms with Crippen molar-refractivity contribution < 1.29 is 0 Å². The molecule has 0 fully saturated rings. The molecule has 0 spiro atoms. The van der Waals surface area contributed by atoms with Crippen LogP contribution < -0.4 is 0 Å². The Hall–Kier alpha value is -2.93. The van der Waals surface area contributed by atoms with Crippen LogP contribution in [0.25, 0.3) is 33.2 Å². The van der Waals surface area contributed by atoms with Crippen LogP contribution in [0.4, 0.5) is 0 Å². The van der Waals surface area contributed by atoms with Gasteiger partial charge in [-0.3, -0.25) is 4.98 Å². The Morgan fingerprint density at radius 3 is 2.20 bits per heavy atom. The zero-order chi connectivity index (χ0) is 17.2. The Labute approximate surface area is 149 Å². The number of benzene rings is 3. The molecule has 0 saturated heterocycles. The molecule has 0 aliphatic rings. The number of pyridine rings is 1. The second-order valence-electron chi connectivity index (χ2n) is 6.71. The number of fused-ring (bicyclic) bond motifs is 1. The third-order valence-corrected chi connectivity index (χ3v) is 4.61. The second kappa shape index (κ2) is 6.52. The van der Waals surface area contributed by atoms with E-state index in [1.54, 1.807) is 0 Å². The summed E-state index contributed by atoms with van der Waals surface area (Å²) in [5.74, 6) is 0.386. The average molecular weight is 323 g/mol. The summed E-state index contributed by atoms with van der Waals surface area (Å²) in [7, 11) is 0. The molecular formula is C24H21N. The van der Waals surface area contributed by atoms with Crippen LogP contribution in [-0.2, 0) is 0 Å². The smallest absolute Gasteiger partial charge is 0.0711 e. The van der Waals surface area contributed by atoms with Crippen LogP contribution in [0.15, 0.2) is 84.9 Å². The molecule has 0 bridgehead atoms. The number of rotatable bonds is 3. The standard InChI is InChI=1S/C24H21N/c1-17(2)23-15-20(16-24(25-23)19-10-4-3-5-11-19)22-14-8-12-18-9-6-7-13-21(18)22/h3-17H,1-2H3. The maximum absolute atomic E-state index is 4.91. The number of hydrogen-bond donors (Lipinski definition) is 0. The molecule has 0 aliphatic carbocycles.